The standard InChI is InChI=1S/C15H12F3N3/c1-8-20-13-3-2-10(6-14(13)21-8)19-7-9-4-11(16)15(18)12(17)5-9/h2-6,19H,7H2,1H3,(H,20,21). The molecular weight excluding hydrogens is 279 g/mol. The van der Waals surface area contributed by atoms with Gasteiger partial charge in [0.1, 0.15) is 5.82 Å². The molecule has 108 valence electrons. The third kappa shape index (κ3) is 2.69. The van der Waals surface area contributed by atoms with Gasteiger partial charge in [-0.3, -0.25) is 0 Å². The van der Waals surface area contributed by atoms with Crippen LogP contribution in [0.1, 0.15) is 11.4 Å². The molecule has 0 aliphatic carbocycles. The number of nitrogens with one attached hydrogen (secondary N) is 2. The Morgan fingerprint density at radius 3 is 2.52 bits per heavy atom. The van der Waals surface area contributed by atoms with Crippen LogP contribution in [0, 0.1) is 24.4 Å². The molecule has 1 heterocycles. The van der Waals surface area contributed by atoms with E-state index in [1.165, 1.54) is 0 Å². The molecular formula is C15H12F3N3. The molecule has 0 saturated carbocycles. The predicted octanol–water partition coefficient (Wildman–Crippen LogP) is 3.90. The van der Waals surface area contributed by atoms with Gasteiger partial charge in [-0.15, -0.1) is 0 Å². The Labute approximate surface area is 118 Å². The van der Waals surface area contributed by atoms with Crippen molar-refractivity contribution in [3.8, 4) is 0 Å². The van der Waals surface area contributed by atoms with Crippen molar-refractivity contribution in [2.45, 2.75) is 13.5 Å². The summed E-state index contributed by atoms with van der Waals surface area (Å²) < 4.78 is 39.1. The number of anilines is 1. The van der Waals surface area contributed by atoms with Gasteiger partial charge in [-0.25, -0.2) is 18.2 Å². The van der Waals surface area contributed by atoms with Gasteiger partial charge < -0.3 is 10.3 Å². The number of hydrogen-bond acceptors (Lipinski definition) is 2. The van der Waals surface area contributed by atoms with E-state index in [-0.39, 0.29) is 6.54 Å². The summed E-state index contributed by atoms with van der Waals surface area (Å²) in [7, 11) is 0. The first-order valence-electron chi connectivity index (χ1n) is 6.36. The van der Waals surface area contributed by atoms with Crippen molar-refractivity contribution in [3.05, 3.63) is 59.2 Å². The minimum Gasteiger partial charge on any atom is -0.381 e. The molecule has 0 fully saturated rings. The summed E-state index contributed by atoms with van der Waals surface area (Å²) in [6.07, 6.45) is 0. The first-order chi connectivity index (χ1) is 10.0. The smallest absolute Gasteiger partial charge is 0.194 e. The number of fused-ring (bicyclic) bond motifs is 1. The van der Waals surface area contributed by atoms with E-state index < -0.39 is 17.5 Å². The largest absolute Gasteiger partial charge is 0.381 e. The van der Waals surface area contributed by atoms with Crippen LogP contribution in [0.3, 0.4) is 0 Å². The van der Waals surface area contributed by atoms with Crippen molar-refractivity contribution in [1.29, 1.82) is 0 Å². The van der Waals surface area contributed by atoms with Crippen LogP contribution in [0.15, 0.2) is 30.3 Å². The number of halogens is 3. The molecule has 2 N–H and O–H groups in total. The number of aromatic nitrogens is 2. The molecule has 3 rings (SSSR count). The van der Waals surface area contributed by atoms with Crippen molar-refractivity contribution in [3.63, 3.8) is 0 Å². The quantitative estimate of drug-likeness (QED) is 0.718. The molecule has 0 amide bonds. The number of H-pyrrole nitrogens is 1. The molecule has 0 saturated heterocycles. The van der Waals surface area contributed by atoms with Gasteiger partial charge in [-0.2, -0.15) is 0 Å². The minimum atomic E-state index is -1.45. The number of nitrogens with zero attached hydrogens (tertiary/aromatic N) is 1. The molecule has 21 heavy (non-hydrogen) atoms. The molecule has 0 spiro atoms. The Bertz CT molecular complexity index is 788. The van der Waals surface area contributed by atoms with Crippen molar-refractivity contribution in [1.82, 2.24) is 9.97 Å². The molecule has 3 nitrogen and oxygen atoms in total. The molecule has 6 heteroatoms. The van der Waals surface area contributed by atoms with Crippen LogP contribution in [0.5, 0.6) is 0 Å². The Hall–Kier alpha value is -2.50. The van der Waals surface area contributed by atoms with E-state index >= 15 is 0 Å². The van der Waals surface area contributed by atoms with E-state index in [9.17, 15) is 13.2 Å². The van der Waals surface area contributed by atoms with Crippen molar-refractivity contribution >= 4 is 16.7 Å². The van der Waals surface area contributed by atoms with E-state index in [1.807, 2.05) is 25.1 Å². The molecule has 2 aromatic carbocycles. The van der Waals surface area contributed by atoms with Gasteiger partial charge >= 0.3 is 0 Å². The fraction of sp³-hybridized carbons (Fsp3) is 0.133. The Morgan fingerprint density at radius 1 is 1.10 bits per heavy atom. The third-order valence-electron chi connectivity index (χ3n) is 3.14. The summed E-state index contributed by atoms with van der Waals surface area (Å²) in [6, 6.07) is 7.46. The molecule has 0 aliphatic rings. The van der Waals surface area contributed by atoms with E-state index in [0.717, 1.165) is 34.7 Å². The van der Waals surface area contributed by atoms with Crippen molar-refractivity contribution in [2.75, 3.05) is 5.32 Å². The minimum absolute atomic E-state index is 0.187. The highest BCUT2D eigenvalue weighted by Crippen LogP contribution is 2.19. The zero-order chi connectivity index (χ0) is 15.0. The molecule has 0 bridgehead atoms. The summed E-state index contributed by atoms with van der Waals surface area (Å²) in [6.45, 7) is 2.05. The van der Waals surface area contributed by atoms with Crippen molar-refractivity contribution in [2.24, 2.45) is 0 Å². The zero-order valence-corrected chi connectivity index (χ0v) is 11.2. The number of rotatable bonds is 3. The number of imidazole rings is 1. The molecule has 0 atom stereocenters. The van der Waals surface area contributed by atoms with Gasteiger partial charge in [0, 0.05) is 12.2 Å². The first-order valence-corrected chi connectivity index (χ1v) is 6.36. The lowest BCUT2D eigenvalue weighted by Gasteiger charge is -2.07. The molecule has 1 aromatic heterocycles. The number of benzene rings is 2. The summed E-state index contributed by atoms with van der Waals surface area (Å²) in [5.41, 5.74) is 2.81. The third-order valence-corrected chi connectivity index (χ3v) is 3.14. The second kappa shape index (κ2) is 5.12. The fourth-order valence-corrected chi connectivity index (χ4v) is 2.16. The summed E-state index contributed by atoms with van der Waals surface area (Å²) in [5.74, 6) is -3.02. The van der Waals surface area contributed by atoms with Crippen molar-refractivity contribution < 1.29 is 13.2 Å². The molecule has 3 aromatic rings. The summed E-state index contributed by atoms with van der Waals surface area (Å²) >= 11 is 0. The lowest BCUT2D eigenvalue weighted by atomic mass is 10.2. The van der Waals surface area contributed by atoms with Gasteiger partial charge in [0.2, 0.25) is 0 Å². The second-order valence-electron chi connectivity index (χ2n) is 4.78. The number of aromatic amines is 1. The Kier molecular flexibility index (Phi) is 3.29. The van der Waals surface area contributed by atoms with Gasteiger partial charge in [0.15, 0.2) is 17.5 Å². The van der Waals surface area contributed by atoms with Gasteiger partial charge in [0.05, 0.1) is 11.0 Å². The number of aryl methyl sites for hydroxylation is 1. The Balaban J connectivity index is 1.79. The highest BCUT2D eigenvalue weighted by Gasteiger charge is 2.10. The van der Waals surface area contributed by atoms with Crippen LogP contribution in [0.4, 0.5) is 18.9 Å². The number of hydrogen-bond donors (Lipinski definition) is 2. The maximum absolute atomic E-state index is 13.1. The van der Waals surface area contributed by atoms with E-state index in [2.05, 4.69) is 15.3 Å². The highest BCUT2D eigenvalue weighted by molar-refractivity contribution is 5.79. The average Bonchev–Trinajstić information content (AvgIpc) is 2.81. The SMILES string of the molecule is Cc1nc2ccc(NCc3cc(F)c(F)c(F)c3)cc2[nH]1. The van der Waals surface area contributed by atoms with Crippen LogP contribution in [-0.4, -0.2) is 9.97 Å². The normalized spacial score (nSPS) is 11.0. The Morgan fingerprint density at radius 2 is 1.81 bits per heavy atom. The average molecular weight is 291 g/mol. The lowest BCUT2D eigenvalue weighted by molar-refractivity contribution is 0.445. The molecule has 0 aliphatic heterocycles. The zero-order valence-electron chi connectivity index (χ0n) is 11.2. The van der Waals surface area contributed by atoms with E-state index in [4.69, 9.17) is 0 Å². The van der Waals surface area contributed by atoms with Crippen LogP contribution in [0.2, 0.25) is 0 Å². The van der Waals surface area contributed by atoms with E-state index in [0.29, 0.717) is 5.56 Å². The van der Waals surface area contributed by atoms with Gasteiger partial charge in [-0.05, 0) is 42.8 Å². The van der Waals surface area contributed by atoms with Crippen LogP contribution in [-0.2, 0) is 6.54 Å². The monoisotopic (exact) mass is 291 g/mol. The first kappa shape index (κ1) is 13.5. The van der Waals surface area contributed by atoms with Gasteiger partial charge in [-0.1, -0.05) is 0 Å². The molecule has 0 radical (unpaired) electrons. The fourth-order valence-electron chi connectivity index (χ4n) is 2.16. The maximum Gasteiger partial charge on any atom is 0.194 e. The van der Waals surface area contributed by atoms with E-state index in [1.54, 1.807) is 0 Å². The van der Waals surface area contributed by atoms with Crippen LogP contribution >= 0.6 is 0 Å². The second-order valence-corrected chi connectivity index (χ2v) is 4.78. The van der Waals surface area contributed by atoms with Gasteiger partial charge in [0.25, 0.3) is 0 Å². The van der Waals surface area contributed by atoms with Crippen LogP contribution < -0.4 is 5.32 Å². The highest BCUT2D eigenvalue weighted by atomic mass is 19.2. The maximum atomic E-state index is 13.1. The molecule has 0 unspecified atom stereocenters. The topological polar surface area (TPSA) is 40.7 Å². The van der Waals surface area contributed by atoms with Crippen LogP contribution in [0.25, 0.3) is 11.0 Å². The summed E-state index contributed by atoms with van der Waals surface area (Å²) in [5, 5.41) is 3.03. The summed E-state index contributed by atoms with van der Waals surface area (Å²) in [4.78, 5) is 7.38. The lowest BCUT2D eigenvalue weighted by Crippen LogP contribution is -2.02. The predicted molar refractivity (Wildman–Crippen MR) is 74.5 cm³/mol.